The highest BCUT2D eigenvalue weighted by atomic mass is 31.1. The Balaban J connectivity index is 1.17. The third-order valence-corrected chi connectivity index (χ3v) is 10.2. The normalized spacial score (nSPS) is 12.2. The molecular formula is C38H22O8P2. The summed E-state index contributed by atoms with van der Waals surface area (Å²) in [5.41, 5.74) is 2.93. The summed E-state index contributed by atoms with van der Waals surface area (Å²) in [6.07, 6.45) is 0. The van der Waals surface area contributed by atoms with Crippen LogP contribution in [0.1, 0.15) is 31.8 Å². The van der Waals surface area contributed by atoms with Crippen molar-refractivity contribution in [1.82, 2.24) is 0 Å². The fraction of sp³-hybridized carbons (Fsp3) is 0. The van der Waals surface area contributed by atoms with E-state index < -0.39 is 22.3 Å². The molecule has 0 saturated carbocycles. The molecule has 10 heteroatoms. The van der Waals surface area contributed by atoms with Crippen LogP contribution in [0, 0.1) is 0 Å². The molecule has 2 heterocycles. The van der Waals surface area contributed by atoms with E-state index in [1.54, 1.807) is 36.4 Å². The van der Waals surface area contributed by atoms with Crippen LogP contribution in [-0.4, -0.2) is 11.6 Å². The molecule has 0 atom stereocenters. The topological polar surface area (TPSA) is 105 Å². The van der Waals surface area contributed by atoms with E-state index in [1.165, 1.54) is 0 Å². The zero-order chi connectivity index (χ0) is 32.2. The Morgan fingerprint density at radius 2 is 0.708 bits per heavy atom. The maximum Gasteiger partial charge on any atom is 0.453 e. The summed E-state index contributed by atoms with van der Waals surface area (Å²) in [6, 6.07) is 40.1. The fourth-order valence-corrected chi connectivity index (χ4v) is 8.13. The van der Waals surface area contributed by atoms with E-state index in [0.717, 1.165) is 21.5 Å². The summed E-state index contributed by atoms with van der Waals surface area (Å²) in [4.78, 5) is 28.4. The molecule has 8 aromatic rings. The van der Waals surface area contributed by atoms with Gasteiger partial charge in [-0.25, -0.2) is 0 Å². The van der Waals surface area contributed by atoms with E-state index in [1.807, 2.05) is 97.1 Å². The number of hydrogen-bond donors (Lipinski definition) is 0. The quantitative estimate of drug-likeness (QED) is 0.182. The molecule has 0 radical (unpaired) electrons. The lowest BCUT2D eigenvalue weighted by Gasteiger charge is -2.21. The van der Waals surface area contributed by atoms with E-state index >= 15 is 0 Å². The number of carbonyl (C=O) groups is 2. The lowest BCUT2D eigenvalue weighted by atomic mass is 9.83. The van der Waals surface area contributed by atoms with Crippen molar-refractivity contribution >= 4 is 71.9 Å². The Kier molecular flexibility index (Phi) is 6.71. The van der Waals surface area contributed by atoms with Crippen LogP contribution in [0.3, 0.4) is 0 Å². The van der Waals surface area contributed by atoms with Gasteiger partial charge >= 0.3 is 16.5 Å². The van der Waals surface area contributed by atoms with Crippen LogP contribution in [0.2, 0.25) is 0 Å². The van der Waals surface area contributed by atoms with Gasteiger partial charge in [0.25, 0.3) is 0 Å². The largest absolute Gasteiger partial charge is 0.453 e. The number of benzene rings is 6. The van der Waals surface area contributed by atoms with Crippen molar-refractivity contribution in [2.75, 3.05) is 0 Å². The summed E-state index contributed by atoms with van der Waals surface area (Å²) in [5, 5.41) is 3.42. The molecule has 1 aliphatic carbocycles. The number of hydrogen-bond acceptors (Lipinski definition) is 8. The van der Waals surface area contributed by atoms with Gasteiger partial charge in [0.2, 0.25) is 5.78 Å². The van der Waals surface area contributed by atoms with Crippen LogP contribution in [0.5, 0.6) is 11.5 Å². The van der Waals surface area contributed by atoms with Gasteiger partial charge in [0.15, 0.2) is 5.78 Å². The molecule has 0 fully saturated rings. The lowest BCUT2D eigenvalue weighted by molar-refractivity contribution is 0.0976. The molecule has 8 nitrogen and oxygen atoms in total. The standard InChI is InChI=1S/C38H22O8P2/c39-37-27-15-9-21-33(45-47-41-29-17-5-1-11-23(29)24-12-2-6-18-30(24)42-47)35(27)38(40)36-28(37)16-10-22-34(36)46-48-43-31-19-7-3-13-25(31)26-14-4-8-20-32(26)44-48/h1-22H. The van der Waals surface area contributed by atoms with E-state index in [2.05, 4.69) is 0 Å². The molecule has 0 spiro atoms. The first-order valence-corrected chi connectivity index (χ1v) is 17.2. The molecule has 0 N–H and O–H groups in total. The summed E-state index contributed by atoms with van der Waals surface area (Å²) < 4.78 is 37.6. The first kappa shape index (κ1) is 28.3. The molecule has 0 saturated heterocycles. The minimum absolute atomic E-state index is 0.0951. The molecular weight excluding hydrogens is 646 g/mol. The molecule has 2 aromatic heterocycles. The van der Waals surface area contributed by atoms with Gasteiger partial charge in [-0.15, -0.1) is 0 Å². The SMILES string of the molecule is O=C1c2cccc(Op3oc4ccccc4c4ccccc4o3)c2C(=O)c2c(Op3oc4ccccc4c4ccccc4o3)cccc21. The molecule has 0 amide bonds. The molecule has 1 aliphatic rings. The molecule has 0 aliphatic heterocycles. The Labute approximate surface area is 274 Å². The highest BCUT2D eigenvalue weighted by Crippen LogP contribution is 2.44. The van der Waals surface area contributed by atoms with Gasteiger partial charge in [-0.1, -0.05) is 97.1 Å². The van der Waals surface area contributed by atoms with Crippen molar-refractivity contribution in [2.24, 2.45) is 0 Å². The zero-order valence-electron chi connectivity index (χ0n) is 24.9. The third kappa shape index (κ3) is 4.70. The summed E-state index contributed by atoms with van der Waals surface area (Å²) in [6.45, 7) is 0. The van der Waals surface area contributed by atoms with Crippen molar-refractivity contribution in [2.45, 2.75) is 0 Å². The highest BCUT2D eigenvalue weighted by molar-refractivity contribution is 7.32. The average Bonchev–Trinajstić information content (AvgIpc) is 3.37. The van der Waals surface area contributed by atoms with Crippen molar-refractivity contribution in [3.05, 3.63) is 156 Å². The molecule has 232 valence electrons. The molecule has 0 bridgehead atoms. The van der Waals surface area contributed by atoms with Gasteiger partial charge < -0.3 is 25.8 Å². The average molecular weight is 669 g/mol. The van der Waals surface area contributed by atoms with E-state index in [-0.39, 0.29) is 39.5 Å². The number of ketones is 2. The first-order valence-electron chi connectivity index (χ1n) is 15.0. The summed E-state index contributed by atoms with van der Waals surface area (Å²) in [7, 11) is -4.14. The van der Waals surface area contributed by atoms with Gasteiger partial charge in [-0.05, 0) is 36.4 Å². The van der Waals surface area contributed by atoms with E-state index in [9.17, 15) is 9.59 Å². The maximum atomic E-state index is 14.4. The fourth-order valence-electron chi connectivity index (χ4n) is 6.00. The second kappa shape index (κ2) is 11.4. The van der Waals surface area contributed by atoms with E-state index in [4.69, 9.17) is 25.8 Å². The van der Waals surface area contributed by atoms with Gasteiger partial charge in [0.05, 0.1) is 11.1 Å². The van der Waals surface area contributed by atoms with Crippen molar-refractivity contribution in [3.63, 3.8) is 0 Å². The lowest BCUT2D eigenvalue weighted by Crippen LogP contribution is -2.22. The van der Waals surface area contributed by atoms with Crippen molar-refractivity contribution in [3.8, 4) is 11.5 Å². The number of carbonyl (C=O) groups excluding carboxylic acids is 2. The van der Waals surface area contributed by atoms with Crippen molar-refractivity contribution in [1.29, 1.82) is 0 Å². The van der Waals surface area contributed by atoms with Crippen LogP contribution in [-0.2, 0) is 0 Å². The number of fused-ring (bicyclic) bond motifs is 8. The van der Waals surface area contributed by atoms with Crippen LogP contribution in [0.25, 0.3) is 43.9 Å². The Morgan fingerprint density at radius 3 is 1.06 bits per heavy atom. The number of para-hydroxylation sites is 4. The van der Waals surface area contributed by atoms with Gasteiger partial charge in [-0.2, -0.15) is 0 Å². The monoisotopic (exact) mass is 668 g/mol. The number of rotatable bonds is 4. The van der Waals surface area contributed by atoms with Crippen LogP contribution >= 0.6 is 16.5 Å². The summed E-state index contributed by atoms with van der Waals surface area (Å²) >= 11 is 0. The van der Waals surface area contributed by atoms with Crippen molar-refractivity contribution < 1.29 is 35.4 Å². The molecule has 6 aromatic carbocycles. The molecule has 9 rings (SSSR count). The highest BCUT2D eigenvalue weighted by Gasteiger charge is 2.36. The minimum Gasteiger partial charge on any atom is -0.390 e. The van der Waals surface area contributed by atoms with E-state index in [0.29, 0.717) is 22.3 Å². The van der Waals surface area contributed by atoms with Crippen LogP contribution in [0.4, 0.5) is 0 Å². The molecule has 48 heavy (non-hydrogen) atoms. The smallest absolute Gasteiger partial charge is 0.390 e. The van der Waals surface area contributed by atoms with Crippen LogP contribution in [0.15, 0.2) is 150 Å². The second-order valence-electron chi connectivity index (χ2n) is 11.0. The first-order chi connectivity index (χ1) is 23.6. The Morgan fingerprint density at radius 1 is 0.375 bits per heavy atom. The predicted molar refractivity (Wildman–Crippen MR) is 184 cm³/mol. The zero-order valence-corrected chi connectivity index (χ0v) is 26.7. The van der Waals surface area contributed by atoms with Gasteiger partial charge in [0, 0.05) is 32.7 Å². The Bertz CT molecular complexity index is 2390. The van der Waals surface area contributed by atoms with Gasteiger partial charge in [-0.3, -0.25) is 9.59 Å². The van der Waals surface area contributed by atoms with Crippen LogP contribution < -0.4 is 9.05 Å². The maximum absolute atomic E-state index is 14.4. The molecule has 0 unspecified atom stereocenters. The second-order valence-corrected chi connectivity index (χ2v) is 13.0. The van der Waals surface area contributed by atoms with Gasteiger partial charge in [0.1, 0.15) is 33.8 Å². The summed E-state index contributed by atoms with van der Waals surface area (Å²) in [5.74, 6) is -0.468. The minimum atomic E-state index is -2.07. The Hall–Kier alpha value is -5.94. The predicted octanol–water partition coefficient (Wildman–Crippen LogP) is 11.4. The third-order valence-electron chi connectivity index (χ3n) is 8.16.